The number of nitrogens with zero attached hydrogens (tertiary/aromatic N) is 3. The first-order valence-electron chi connectivity index (χ1n) is 5.27. The van der Waals surface area contributed by atoms with Gasteiger partial charge in [0, 0.05) is 5.69 Å². The Morgan fingerprint density at radius 3 is 2.72 bits per heavy atom. The zero-order valence-electron chi connectivity index (χ0n) is 9.25. The number of nitrogens with two attached hydrogens (primary N) is 1. The maximum atomic E-state index is 12.1. The molecule has 2 aromatic rings. The van der Waals surface area contributed by atoms with Crippen LogP contribution in [0.1, 0.15) is 26.5 Å². The number of benzene rings is 1. The Hall–Kier alpha value is -2.70. The molecule has 0 atom stereocenters. The summed E-state index contributed by atoms with van der Waals surface area (Å²) in [4.78, 5) is 29.1. The van der Waals surface area contributed by atoms with Gasteiger partial charge in [0.05, 0.1) is 17.7 Å². The van der Waals surface area contributed by atoms with Crippen molar-refractivity contribution in [1.82, 2.24) is 20.1 Å². The van der Waals surface area contributed by atoms with E-state index in [1.807, 2.05) is 0 Å². The number of aromatic amines is 1. The number of carbonyl (C=O) groups excluding carboxylic acids is 2. The van der Waals surface area contributed by atoms with Crippen LogP contribution < -0.4 is 5.73 Å². The number of rotatable bonds is 2. The number of nitrogen functional groups attached to an aromatic ring is 1. The van der Waals surface area contributed by atoms with Gasteiger partial charge in [0.1, 0.15) is 12.2 Å². The van der Waals surface area contributed by atoms with Crippen LogP contribution in [0.5, 0.6) is 0 Å². The second kappa shape index (κ2) is 3.66. The number of hydrogen-bond acceptors (Lipinski definition) is 5. The van der Waals surface area contributed by atoms with E-state index in [9.17, 15) is 9.59 Å². The zero-order valence-corrected chi connectivity index (χ0v) is 9.25. The first-order chi connectivity index (χ1) is 8.66. The van der Waals surface area contributed by atoms with Crippen LogP contribution in [0.3, 0.4) is 0 Å². The molecule has 7 heteroatoms. The Morgan fingerprint density at radius 2 is 2.00 bits per heavy atom. The number of anilines is 1. The SMILES string of the molecule is Nc1ccc2c(c1)C(=O)N(Cc1ncn[nH]1)C2=O. The molecule has 0 saturated heterocycles. The molecule has 7 nitrogen and oxygen atoms in total. The lowest BCUT2D eigenvalue weighted by Gasteiger charge is -2.10. The van der Waals surface area contributed by atoms with Crippen LogP contribution in [0.15, 0.2) is 24.5 Å². The minimum atomic E-state index is -0.362. The highest BCUT2D eigenvalue weighted by molar-refractivity contribution is 6.21. The van der Waals surface area contributed by atoms with Crippen molar-refractivity contribution in [3.05, 3.63) is 41.5 Å². The molecule has 1 aliphatic heterocycles. The molecular weight excluding hydrogens is 234 g/mol. The van der Waals surface area contributed by atoms with Gasteiger partial charge in [-0.1, -0.05) is 0 Å². The van der Waals surface area contributed by atoms with Gasteiger partial charge in [-0.3, -0.25) is 19.6 Å². The van der Waals surface area contributed by atoms with Crippen molar-refractivity contribution < 1.29 is 9.59 Å². The minimum Gasteiger partial charge on any atom is -0.399 e. The molecule has 0 aliphatic carbocycles. The van der Waals surface area contributed by atoms with Crippen LogP contribution >= 0.6 is 0 Å². The fourth-order valence-electron chi connectivity index (χ4n) is 1.91. The van der Waals surface area contributed by atoms with Crippen molar-refractivity contribution in [2.45, 2.75) is 6.54 Å². The average Bonchev–Trinajstić information content (AvgIpc) is 2.93. The van der Waals surface area contributed by atoms with Gasteiger partial charge in [0.2, 0.25) is 0 Å². The lowest BCUT2D eigenvalue weighted by Crippen LogP contribution is -2.29. The summed E-state index contributed by atoms with van der Waals surface area (Å²) in [6.07, 6.45) is 1.32. The third kappa shape index (κ3) is 1.45. The molecular formula is C11H9N5O2. The highest BCUT2D eigenvalue weighted by Gasteiger charge is 2.35. The number of nitrogens with one attached hydrogen (secondary N) is 1. The van der Waals surface area contributed by atoms with Gasteiger partial charge in [-0.15, -0.1) is 0 Å². The maximum Gasteiger partial charge on any atom is 0.262 e. The molecule has 0 spiro atoms. The van der Waals surface area contributed by atoms with Crippen molar-refractivity contribution in [1.29, 1.82) is 0 Å². The first-order valence-corrected chi connectivity index (χ1v) is 5.27. The predicted molar refractivity (Wildman–Crippen MR) is 61.4 cm³/mol. The number of amides is 2. The Balaban J connectivity index is 1.97. The number of aromatic nitrogens is 3. The van der Waals surface area contributed by atoms with E-state index in [0.717, 1.165) is 4.90 Å². The molecule has 0 unspecified atom stereocenters. The van der Waals surface area contributed by atoms with Gasteiger partial charge < -0.3 is 5.73 Å². The molecule has 0 radical (unpaired) electrons. The molecule has 18 heavy (non-hydrogen) atoms. The van der Waals surface area contributed by atoms with Crippen LogP contribution in [-0.2, 0) is 6.54 Å². The van der Waals surface area contributed by atoms with E-state index in [2.05, 4.69) is 15.2 Å². The summed E-state index contributed by atoms with van der Waals surface area (Å²) >= 11 is 0. The van der Waals surface area contributed by atoms with Crippen molar-refractivity contribution in [3.63, 3.8) is 0 Å². The smallest absolute Gasteiger partial charge is 0.262 e. The van der Waals surface area contributed by atoms with Gasteiger partial charge in [-0.25, -0.2) is 4.98 Å². The molecule has 1 aliphatic rings. The van der Waals surface area contributed by atoms with Gasteiger partial charge in [0.25, 0.3) is 11.8 Å². The van der Waals surface area contributed by atoms with E-state index in [-0.39, 0.29) is 18.4 Å². The second-order valence-corrected chi connectivity index (χ2v) is 3.93. The quantitative estimate of drug-likeness (QED) is 0.578. The fraction of sp³-hybridized carbons (Fsp3) is 0.0909. The summed E-state index contributed by atoms with van der Waals surface area (Å²) in [7, 11) is 0. The minimum absolute atomic E-state index is 0.0756. The molecule has 0 bridgehead atoms. The van der Waals surface area contributed by atoms with Crippen LogP contribution in [0.2, 0.25) is 0 Å². The Labute approximate surface area is 102 Å². The second-order valence-electron chi connectivity index (χ2n) is 3.93. The van der Waals surface area contributed by atoms with Crippen LogP contribution in [0.25, 0.3) is 0 Å². The van der Waals surface area contributed by atoms with Crippen molar-refractivity contribution >= 4 is 17.5 Å². The van der Waals surface area contributed by atoms with E-state index in [1.165, 1.54) is 12.4 Å². The number of H-pyrrole nitrogens is 1. The molecule has 0 saturated carbocycles. The third-order valence-electron chi connectivity index (χ3n) is 2.77. The summed E-state index contributed by atoms with van der Waals surface area (Å²) in [5, 5.41) is 6.28. The molecule has 1 aromatic carbocycles. The van der Waals surface area contributed by atoms with Gasteiger partial charge >= 0.3 is 0 Å². The van der Waals surface area contributed by atoms with Crippen molar-refractivity contribution in [2.75, 3.05) is 5.73 Å². The molecule has 0 fully saturated rings. The molecule has 1 aromatic heterocycles. The van der Waals surface area contributed by atoms with Crippen molar-refractivity contribution in [2.24, 2.45) is 0 Å². The summed E-state index contributed by atoms with van der Waals surface area (Å²) in [6, 6.07) is 4.67. The first kappa shape index (κ1) is 10.5. The fourth-order valence-corrected chi connectivity index (χ4v) is 1.91. The average molecular weight is 243 g/mol. The topological polar surface area (TPSA) is 105 Å². The molecule has 3 N–H and O–H groups in total. The van der Waals surface area contributed by atoms with E-state index in [4.69, 9.17) is 5.73 Å². The van der Waals surface area contributed by atoms with E-state index in [1.54, 1.807) is 12.1 Å². The highest BCUT2D eigenvalue weighted by atomic mass is 16.2. The van der Waals surface area contributed by atoms with Crippen LogP contribution in [-0.4, -0.2) is 31.9 Å². The predicted octanol–water partition coefficient (Wildman–Crippen LogP) is 0.183. The van der Waals surface area contributed by atoms with E-state index in [0.29, 0.717) is 22.6 Å². The number of imide groups is 1. The van der Waals surface area contributed by atoms with E-state index < -0.39 is 0 Å². The van der Waals surface area contributed by atoms with Crippen LogP contribution in [0, 0.1) is 0 Å². The molecule has 3 rings (SSSR count). The molecule has 2 heterocycles. The largest absolute Gasteiger partial charge is 0.399 e. The van der Waals surface area contributed by atoms with Gasteiger partial charge in [-0.2, -0.15) is 5.10 Å². The van der Waals surface area contributed by atoms with Crippen LogP contribution in [0.4, 0.5) is 5.69 Å². The monoisotopic (exact) mass is 243 g/mol. The third-order valence-corrected chi connectivity index (χ3v) is 2.77. The standard InChI is InChI=1S/C11H9N5O2/c12-6-1-2-7-8(3-6)11(18)16(10(7)17)4-9-13-5-14-15-9/h1-3,5H,4,12H2,(H,13,14,15). The summed E-state index contributed by atoms with van der Waals surface area (Å²) in [5.41, 5.74) is 6.77. The number of hydrogen-bond donors (Lipinski definition) is 2. The number of fused-ring (bicyclic) bond motifs is 1. The normalized spacial score (nSPS) is 14.1. The highest BCUT2D eigenvalue weighted by Crippen LogP contribution is 2.25. The van der Waals surface area contributed by atoms with Gasteiger partial charge in [0.15, 0.2) is 0 Å². The summed E-state index contributed by atoms with van der Waals surface area (Å²) in [5.74, 6) is -0.248. The Morgan fingerprint density at radius 1 is 1.22 bits per heavy atom. The van der Waals surface area contributed by atoms with Crippen molar-refractivity contribution in [3.8, 4) is 0 Å². The van der Waals surface area contributed by atoms with E-state index >= 15 is 0 Å². The number of carbonyl (C=O) groups is 2. The lowest BCUT2D eigenvalue weighted by molar-refractivity contribution is 0.0638. The zero-order chi connectivity index (χ0) is 12.7. The Kier molecular flexibility index (Phi) is 2.12. The summed E-state index contributed by atoms with van der Waals surface area (Å²) < 4.78 is 0. The Bertz CT molecular complexity index is 635. The molecule has 90 valence electrons. The lowest BCUT2D eigenvalue weighted by atomic mass is 10.1. The van der Waals surface area contributed by atoms with Gasteiger partial charge in [-0.05, 0) is 18.2 Å². The maximum absolute atomic E-state index is 12.1. The molecule has 2 amide bonds. The summed E-state index contributed by atoms with van der Waals surface area (Å²) in [6.45, 7) is 0.0756.